The largest absolute Gasteiger partial charge is 0.366 e. The maximum absolute atomic E-state index is 11.1. The Kier molecular flexibility index (Phi) is 6.02. The molecule has 1 saturated heterocycles. The van der Waals surface area contributed by atoms with Crippen molar-refractivity contribution >= 4 is 5.91 Å². The molecule has 2 rings (SSSR count). The molecular weight excluding hydrogens is 250 g/mol. The first-order chi connectivity index (χ1) is 9.75. The van der Waals surface area contributed by atoms with E-state index in [2.05, 4.69) is 10.2 Å². The van der Waals surface area contributed by atoms with E-state index in [4.69, 9.17) is 5.73 Å². The van der Waals surface area contributed by atoms with Gasteiger partial charge in [0.1, 0.15) is 0 Å². The molecule has 0 spiro atoms. The van der Waals surface area contributed by atoms with E-state index < -0.39 is 0 Å². The molecule has 1 aromatic rings. The van der Waals surface area contributed by atoms with Crippen LogP contribution >= 0.6 is 0 Å². The van der Waals surface area contributed by atoms with Crippen molar-refractivity contribution in [2.75, 3.05) is 26.2 Å². The van der Waals surface area contributed by atoms with Crippen molar-refractivity contribution in [2.45, 2.75) is 32.2 Å². The molecule has 0 bridgehead atoms. The number of hydrogen-bond acceptors (Lipinski definition) is 3. The molecule has 0 radical (unpaired) electrons. The number of nitrogens with zero attached hydrogens (tertiary/aromatic N) is 1. The van der Waals surface area contributed by atoms with Gasteiger partial charge < -0.3 is 16.0 Å². The zero-order valence-corrected chi connectivity index (χ0v) is 12.1. The summed E-state index contributed by atoms with van der Waals surface area (Å²) in [5, 5.41) is 3.44. The lowest BCUT2D eigenvalue weighted by atomic mass is 10.1. The Morgan fingerprint density at radius 2 is 1.95 bits per heavy atom. The van der Waals surface area contributed by atoms with Crippen LogP contribution in [0.5, 0.6) is 0 Å². The topological polar surface area (TPSA) is 58.4 Å². The SMILES string of the molecule is NC(=O)c1cccc(CNCCN2CCCCCC2)c1. The lowest BCUT2D eigenvalue weighted by molar-refractivity contribution is 0.1000. The summed E-state index contributed by atoms with van der Waals surface area (Å²) in [5.74, 6) is -0.364. The van der Waals surface area contributed by atoms with Gasteiger partial charge in [0.25, 0.3) is 0 Å². The van der Waals surface area contributed by atoms with Gasteiger partial charge in [-0.05, 0) is 43.6 Å². The molecule has 0 unspecified atom stereocenters. The number of carbonyl (C=O) groups excluding carboxylic acids is 1. The van der Waals surface area contributed by atoms with E-state index in [-0.39, 0.29) is 5.91 Å². The zero-order chi connectivity index (χ0) is 14.2. The van der Waals surface area contributed by atoms with Crippen LogP contribution in [-0.4, -0.2) is 37.0 Å². The molecular formula is C16H25N3O. The highest BCUT2D eigenvalue weighted by atomic mass is 16.1. The Morgan fingerprint density at radius 3 is 2.65 bits per heavy atom. The van der Waals surface area contributed by atoms with E-state index in [1.807, 2.05) is 18.2 Å². The number of nitrogens with two attached hydrogens (primary N) is 1. The van der Waals surface area contributed by atoms with Gasteiger partial charge in [0.05, 0.1) is 0 Å². The molecule has 3 N–H and O–H groups in total. The van der Waals surface area contributed by atoms with Crippen LogP contribution in [0.25, 0.3) is 0 Å². The smallest absolute Gasteiger partial charge is 0.248 e. The summed E-state index contributed by atoms with van der Waals surface area (Å²) in [5.41, 5.74) is 6.97. The number of primary amides is 1. The van der Waals surface area contributed by atoms with Gasteiger partial charge in [0, 0.05) is 25.2 Å². The van der Waals surface area contributed by atoms with Gasteiger partial charge in [-0.25, -0.2) is 0 Å². The Balaban J connectivity index is 1.70. The van der Waals surface area contributed by atoms with Gasteiger partial charge in [-0.1, -0.05) is 25.0 Å². The first-order valence-corrected chi connectivity index (χ1v) is 7.57. The number of rotatable bonds is 6. The number of nitrogens with one attached hydrogen (secondary N) is 1. The van der Waals surface area contributed by atoms with Crippen molar-refractivity contribution in [3.05, 3.63) is 35.4 Å². The summed E-state index contributed by atoms with van der Waals surface area (Å²) in [6.45, 7) is 5.35. The van der Waals surface area contributed by atoms with Crippen LogP contribution in [0.1, 0.15) is 41.6 Å². The Labute approximate surface area is 121 Å². The van der Waals surface area contributed by atoms with Crippen molar-refractivity contribution < 1.29 is 4.79 Å². The van der Waals surface area contributed by atoms with Crippen LogP contribution < -0.4 is 11.1 Å². The second kappa shape index (κ2) is 8.02. The van der Waals surface area contributed by atoms with Gasteiger partial charge in [-0.15, -0.1) is 0 Å². The van der Waals surface area contributed by atoms with Crippen LogP contribution in [0.2, 0.25) is 0 Å². The summed E-state index contributed by atoms with van der Waals surface area (Å²) in [7, 11) is 0. The number of benzene rings is 1. The maximum atomic E-state index is 11.1. The minimum absolute atomic E-state index is 0.364. The van der Waals surface area contributed by atoms with Crippen molar-refractivity contribution in [3.63, 3.8) is 0 Å². The molecule has 1 amide bonds. The number of likely N-dealkylation sites (tertiary alicyclic amines) is 1. The normalized spacial score (nSPS) is 16.8. The highest BCUT2D eigenvalue weighted by Crippen LogP contribution is 2.09. The van der Waals surface area contributed by atoms with Crippen LogP contribution in [0.4, 0.5) is 0 Å². The van der Waals surface area contributed by atoms with Gasteiger partial charge in [0.2, 0.25) is 5.91 Å². The third-order valence-electron chi connectivity index (χ3n) is 3.84. The van der Waals surface area contributed by atoms with E-state index in [1.165, 1.54) is 38.8 Å². The van der Waals surface area contributed by atoms with Gasteiger partial charge in [-0.2, -0.15) is 0 Å². The third-order valence-corrected chi connectivity index (χ3v) is 3.84. The minimum Gasteiger partial charge on any atom is -0.366 e. The Hall–Kier alpha value is -1.39. The summed E-state index contributed by atoms with van der Waals surface area (Å²) < 4.78 is 0. The number of hydrogen-bond donors (Lipinski definition) is 2. The zero-order valence-electron chi connectivity index (χ0n) is 12.1. The molecule has 20 heavy (non-hydrogen) atoms. The van der Waals surface area contributed by atoms with Crippen LogP contribution in [0.15, 0.2) is 24.3 Å². The van der Waals surface area contributed by atoms with Crippen molar-refractivity contribution in [1.82, 2.24) is 10.2 Å². The van der Waals surface area contributed by atoms with Gasteiger partial charge in [-0.3, -0.25) is 4.79 Å². The molecule has 110 valence electrons. The highest BCUT2D eigenvalue weighted by Gasteiger charge is 2.08. The fourth-order valence-corrected chi connectivity index (χ4v) is 2.66. The summed E-state index contributed by atoms with van der Waals surface area (Å²) >= 11 is 0. The average Bonchev–Trinajstić information content (AvgIpc) is 2.72. The first-order valence-electron chi connectivity index (χ1n) is 7.57. The predicted molar refractivity (Wildman–Crippen MR) is 81.6 cm³/mol. The Morgan fingerprint density at radius 1 is 1.20 bits per heavy atom. The van der Waals surface area contributed by atoms with Crippen LogP contribution in [0.3, 0.4) is 0 Å². The molecule has 4 nitrogen and oxygen atoms in total. The summed E-state index contributed by atoms with van der Waals surface area (Å²) in [6, 6.07) is 7.52. The summed E-state index contributed by atoms with van der Waals surface area (Å²) in [4.78, 5) is 13.7. The van der Waals surface area contributed by atoms with Gasteiger partial charge in [0.15, 0.2) is 0 Å². The fourth-order valence-electron chi connectivity index (χ4n) is 2.66. The molecule has 0 aromatic heterocycles. The molecule has 0 aliphatic carbocycles. The Bertz CT molecular complexity index is 425. The predicted octanol–water partition coefficient (Wildman–Crippen LogP) is 1.75. The molecule has 1 aliphatic rings. The van der Waals surface area contributed by atoms with Gasteiger partial charge >= 0.3 is 0 Å². The molecule has 1 heterocycles. The van der Waals surface area contributed by atoms with Crippen molar-refractivity contribution in [2.24, 2.45) is 5.73 Å². The van der Waals surface area contributed by atoms with Crippen LogP contribution in [-0.2, 0) is 6.54 Å². The lowest BCUT2D eigenvalue weighted by Crippen LogP contribution is -2.32. The van der Waals surface area contributed by atoms with Crippen molar-refractivity contribution in [1.29, 1.82) is 0 Å². The summed E-state index contributed by atoms with van der Waals surface area (Å²) in [6.07, 6.45) is 5.43. The molecule has 1 aliphatic heterocycles. The van der Waals surface area contributed by atoms with E-state index >= 15 is 0 Å². The first kappa shape index (κ1) is 15.0. The molecule has 0 saturated carbocycles. The third kappa shape index (κ3) is 4.94. The second-order valence-electron chi connectivity index (χ2n) is 5.50. The van der Waals surface area contributed by atoms with Crippen molar-refractivity contribution in [3.8, 4) is 0 Å². The molecule has 1 fully saturated rings. The van der Waals surface area contributed by atoms with E-state index in [0.29, 0.717) is 5.56 Å². The lowest BCUT2D eigenvalue weighted by Gasteiger charge is -2.19. The van der Waals surface area contributed by atoms with Crippen LogP contribution in [0, 0.1) is 0 Å². The highest BCUT2D eigenvalue weighted by molar-refractivity contribution is 5.92. The second-order valence-corrected chi connectivity index (χ2v) is 5.50. The molecule has 0 atom stereocenters. The monoisotopic (exact) mass is 275 g/mol. The molecule has 1 aromatic carbocycles. The van der Waals surface area contributed by atoms with E-state index in [1.54, 1.807) is 6.07 Å². The molecule has 4 heteroatoms. The van der Waals surface area contributed by atoms with E-state index in [0.717, 1.165) is 25.2 Å². The van der Waals surface area contributed by atoms with E-state index in [9.17, 15) is 4.79 Å². The standard InChI is InChI=1S/C16H25N3O/c17-16(20)15-7-5-6-14(12-15)13-18-8-11-19-9-3-1-2-4-10-19/h5-7,12,18H,1-4,8-11,13H2,(H2,17,20). The minimum atomic E-state index is -0.364. The maximum Gasteiger partial charge on any atom is 0.248 e. The quantitative estimate of drug-likeness (QED) is 0.778. The fraction of sp³-hybridized carbons (Fsp3) is 0.562. The number of amides is 1. The number of carbonyl (C=O) groups is 1. The average molecular weight is 275 g/mol.